The van der Waals surface area contributed by atoms with Crippen molar-refractivity contribution in [3.63, 3.8) is 0 Å². The number of anilines is 2. The number of aromatic nitrogens is 1. The third-order valence-electron chi connectivity index (χ3n) is 4.14. The molecule has 3 rings (SSSR count). The largest absolute Gasteiger partial charge is 0.423 e. The summed E-state index contributed by atoms with van der Waals surface area (Å²) in [6.45, 7) is 2.27. The molecule has 0 spiro atoms. The molecule has 3 N–H and O–H groups in total. The third-order valence-corrected chi connectivity index (χ3v) is 4.14. The van der Waals surface area contributed by atoms with E-state index >= 15 is 0 Å². The van der Waals surface area contributed by atoms with Crippen LogP contribution in [0.2, 0.25) is 0 Å². The van der Waals surface area contributed by atoms with Gasteiger partial charge in [-0.1, -0.05) is 32.3 Å². The Morgan fingerprint density at radius 1 is 1.42 bits per heavy atom. The zero-order valence-electron chi connectivity index (χ0n) is 11.4. The number of benzene rings is 1. The van der Waals surface area contributed by atoms with Gasteiger partial charge in [-0.25, -0.2) is 0 Å². The summed E-state index contributed by atoms with van der Waals surface area (Å²) in [6.07, 6.45) is 6.32. The van der Waals surface area contributed by atoms with E-state index in [2.05, 4.69) is 17.2 Å². The predicted octanol–water partition coefficient (Wildman–Crippen LogP) is 3.79. The number of nitrogens with zero attached hydrogens (tertiary/aromatic N) is 1. The predicted molar refractivity (Wildman–Crippen MR) is 78.1 cm³/mol. The highest BCUT2D eigenvalue weighted by atomic mass is 16.4. The van der Waals surface area contributed by atoms with E-state index in [1.165, 1.54) is 32.1 Å². The molecule has 1 saturated carbocycles. The van der Waals surface area contributed by atoms with Crippen molar-refractivity contribution in [3.8, 4) is 0 Å². The highest BCUT2D eigenvalue weighted by Gasteiger charge is 2.22. The summed E-state index contributed by atoms with van der Waals surface area (Å²) < 4.78 is 5.72. The lowest BCUT2D eigenvalue weighted by molar-refractivity contribution is 0.324. The Bertz CT molecular complexity index is 564. The van der Waals surface area contributed by atoms with Crippen molar-refractivity contribution >= 4 is 22.8 Å². The van der Waals surface area contributed by atoms with Crippen molar-refractivity contribution in [2.45, 2.75) is 45.1 Å². The standard InChI is InChI=1S/C15H21N3O/c1-2-10-5-3-6-11(9-10)17-15-18-14-12(16)7-4-8-13(14)19-15/h4,7-8,10-11H,2-3,5-6,9,16H2,1H3,(H,17,18). The molecule has 4 heteroatoms. The first-order valence-corrected chi connectivity index (χ1v) is 7.18. The molecule has 1 aromatic heterocycles. The van der Waals surface area contributed by atoms with Gasteiger partial charge < -0.3 is 15.5 Å². The van der Waals surface area contributed by atoms with Gasteiger partial charge in [0.1, 0.15) is 5.52 Å². The molecule has 0 bridgehead atoms. The highest BCUT2D eigenvalue weighted by Crippen LogP contribution is 2.30. The lowest BCUT2D eigenvalue weighted by Crippen LogP contribution is -2.27. The Morgan fingerprint density at radius 3 is 3.11 bits per heavy atom. The van der Waals surface area contributed by atoms with Crippen molar-refractivity contribution in [1.82, 2.24) is 4.98 Å². The SMILES string of the molecule is CCC1CCCC(Nc2nc3c(N)cccc3o2)C1. The van der Waals surface area contributed by atoms with Crippen LogP contribution < -0.4 is 11.1 Å². The zero-order valence-corrected chi connectivity index (χ0v) is 11.4. The number of fused-ring (bicyclic) bond motifs is 1. The number of nitrogens with one attached hydrogen (secondary N) is 1. The molecule has 19 heavy (non-hydrogen) atoms. The molecule has 1 aliphatic carbocycles. The summed E-state index contributed by atoms with van der Waals surface area (Å²) in [5, 5.41) is 3.43. The zero-order chi connectivity index (χ0) is 13.2. The molecule has 0 radical (unpaired) electrons. The fourth-order valence-corrected chi connectivity index (χ4v) is 3.00. The van der Waals surface area contributed by atoms with Crippen LogP contribution in [0.25, 0.3) is 11.1 Å². The van der Waals surface area contributed by atoms with Crippen LogP contribution in [-0.2, 0) is 0 Å². The van der Waals surface area contributed by atoms with Gasteiger partial charge in [-0.15, -0.1) is 0 Å². The Balaban J connectivity index is 1.76. The van der Waals surface area contributed by atoms with Crippen molar-refractivity contribution in [2.75, 3.05) is 11.1 Å². The maximum absolute atomic E-state index is 5.90. The van der Waals surface area contributed by atoms with Gasteiger partial charge in [0.2, 0.25) is 0 Å². The van der Waals surface area contributed by atoms with Crippen LogP contribution in [0, 0.1) is 5.92 Å². The first kappa shape index (κ1) is 12.3. The van der Waals surface area contributed by atoms with Crippen molar-refractivity contribution in [2.24, 2.45) is 5.92 Å². The van der Waals surface area contributed by atoms with Crippen LogP contribution in [0.5, 0.6) is 0 Å². The van der Waals surface area contributed by atoms with Crippen LogP contribution in [0.15, 0.2) is 22.6 Å². The monoisotopic (exact) mass is 259 g/mol. The van der Waals surface area contributed by atoms with E-state index in [1.54, 1.807) is 0 Å². The summed E-state index contributed by atoms with van der Waals surface area (Å²) >= 11 is 0. The quantitative estimate of drug-likeness (QED) is 0.823. The summed E-state index contributed by atoms with van der Waals surface area (Å²) in [7, 11) is 0. The minimum absolute atomic E-state index is 0.480. The number of oxazole rings is 1. The molecule has 102 valence electrons. The van der Waals surface area contributed by atoms with Gasteiger partial charge in [0.15, 0.2) is 5.58 Å². The molecule has 2 unspecified atom stereocenters. The van der Waals surface area contributed by atoms with Gasteiger partial charge in [0.05, 0.1) is 5.69 Å². The summed E-state index contributed by atoms with van der Waals surface area (Å²) in [6, 6.07) is 6.73. The Kier molecular flexibility index (Phi) is 3.32. The van der Waals surface area contributed by atoms with E-state index in [9.17, 15) is 0 Å². The highest BCUT2D eigenvalue weighted by molar-refractivity contribution is 5.86. The van der Waals surface area contributed by atoms with E-state index in [1.807, 2.05) is 18.2 Å². The molecule has 4 nitrogen and oxygen atoms in total. The summed E-state index contributed by atoms with van der Waals surface area (Å²) in [5.41, 5.74) is 8.08. The molecule has 0 amide bonds. The lowest BCUT2D eigenvalue weighted by Gasteiger charge is -2.28. The first-order valence-electron chi connectivity index (χ1n) is 7.18. The smallest absolute Gasteiger partial charge is 0.295 e. The first-order chi connectivity index (χ1) is 9.26. The Morgan fingerprint density at radius 2 is 2.32 bits per heavy atom. The normalized spacial score (nSPS) is 23.6. The van der Waals surface area contributed by atoms with Crippen LogP contribution in [0.4, 0.5) is 11.7 Å². The molecule has 2 atom stereocenters. The molecule has 0 saturated heterocycles. The van der Waals surface area contributed by atoms with Gasteiger partial charge in [-0.3, -0.25) is 0 Å². The topological polar surface area (TPSA) is 64.1 Å². The number of hydrogen-bond donors (Lipinski definition) is 2. The fraction of sp³-hybridized carbons (Fsp3) is 0.533. The molecule has 1 heterocycles. The van der Waals surface area contributed by atoms with Gasteiger partial charge in [0, 0.05) is 6.04 Å². The molecule has 2 aromatic rings. The van der Waals surface area contributed by atoms with E-state index < -0.39 is 0 Å². The molecule has 0 aliphatic heterocycles. The molecular weight excluding hydrogens is 238 g/mol. The van der Waals surface area contributed by atoms with E-state index in [0.29, 0.717) is 17.7 Å². The number of para-hydroxylation sites is 1. The molecule has 1 fully saturated rings. The van der Waals surface area contributed by atoms with E-state index in [0.717, 1.165) is 17.0 Å². The van der Waals surface area contributed by atoms with Crippen molar-refractivity contribution < 1.29 is 4.42 Å². The number of hydrogen-bond acceptors (Lipinski definition) is 4. The lowest BCUT2D eigenvalue weighted by atomic mass is 9.84. The van der Waals surface area contributed by atoms with E-state index in [-0.39, 0.29) is 0 Å². The van der Waals surface area contributed by atoms with Gasteiger partial charge in [0.25, 0.3) is 6.01 Å². The van der Waals surface area contributed by atoms with Crippen LogP contribution in [0.3, 0.4) is 0 Å². The Hall–Kier alpha value is -1.71. The molecule has 1 aliphatic rings. The number of rotatable bonds is 3. The number of nitrogens with two attached hydrogens (primary N) is 1. The maximum Gasteiger partial charge on any atom is 0.295 e. The van der Waals surface area contributed by atoms with Crippen molar-refractivity contribution in [1.29, 1.82) is 0 Å². The van der Waals surface area contributed by atoms with Crippen molar-refractivity contribution in [3.05, 3.63) is 18.2 Å². The second-order valence-electron chi connectivity index (χ2n) is 5.50. The second-order valence-corrected chi connectivity index (χ2v) is 5.50. The molecule has 1 aromatic carbocycles. The Labute approximate surface area is 113 Å². The van der Waals surface area contributed by atoms with Crippen LogP contribution >= 0.6 is 0 Å². The third kappa shape index (κ3) is 2.53. The van der Waals surface area contributed by atoms with Crippen LogP contribution in [0.1, 0.15) is 39.0 Å². The number of nitrogen functional groups attached to an aromatic ring is 1. The fourth-order valence-electron chi connectivity index (χ4n) is 3.00. The maximum atomic E-state index is 5.90. The molecular formula is C15H21N3O. The minimum Gasteiger partial charge on any atom is -0.423 e. The van der Waals surface area contributed by atoms with Gasteiger partial charge in [-0.2, -0.15) is 4.98 Å². The van der Waals surface area contributed by atoms with Gasteiger partial charge in [-0.05, 0) is 30.9 Å². The average molecular weight is 259 g/mol. The van der Waals surface area contributed by atoms with E-state index in [4.69, 9.17) is 10.2 Å². The minimum atomic E-state index is 0.480. The average Bonchev–Trinajstić information content (AvgIpc) is 2.83. The summed E-state index contributed by atoms with van der Waals surface area (Å²) in [5.74, 6) is 0.834. The van der Waals surface area contributed by atoms with Gasteiger partial charge >= 0.3 is 0 Å². The van der Waals surface area contributed by atoms with Crippen LogP contribution in [-0.4, -0.2) is 11.0 Å². The second kappa shape index (κ2) is 5.11. The summed E-state index contributed by atoms with van der Waals surface area (Å²) in [4.78, 5) is 4.45.